The molecule has 0 aliphatic heterocycles. The summed E-state index contributed by atoms with van der Waals surface area (Å²) in [4.78, 5) is 11.9. The molecule has 0 saturated carbocycles. The molecule has 0 heterocycles. The molecule has 0 fully saturated rings. The highest BCUT2D eigenvalue weighted by molar-refractivity contribution is 5.76. The molecule has 2 N–H and O–H groups in total. The van der Waals surface area contributed by atoms with Gasteiger partial charge in [-0.05, 0) is 29.7 Å². The molecule has 0 aromatic heterocycles. The number of carbonyl (C=O) groups excluding carboxylic acids is 1. The van der Waals surface area contributed by atoms with Gasteiger partial charge in [-0.1, -0.05) is 37.3 Å². The van der Waals surface area contributed by atoms with Crippen LogP contribution >= 0.6 is 0 Å². The van der Waals surface area contributed by atoms with Gasteiger partial charge in [0.15, 0.2) is 0 Å². The number of carbonyl (C=O) groups is 1. The van der Waals surface area contributed by atoms with Crippen molar-refractivity contribution < 1.29 is 18.7 Å². The van der Waals surface area contributed by atoms with Gasteiger partial charge in [-0.25, -0.2) is 8.78 Å². The summed E-state index contributed by atoms with van der Waals surface area (Å²) < 4.78 is 26.4. The van der Waals surface area contributed by atoms with Gasteiger partial charge in [0.2, 0.25) is 5.91 Å². The second-order valence-electron chi connectivity index (χ2n) is 5.50. The first-order valence-corrected chi connectivity index (χ1v) is 7.42. The van der Waals surface area contributed by atoms with E-state index < -0.39 is 11.9 Å². The average molecular weight is 319 g/mol. The van der Waals surface area contributed by atoms with Crippen molar-refractivity contribution in [3.05, 3.63) is 71.3 Å². The van der Waals surface area contributed by atoms with Crippen LogP contribution < -0.4 is 5.32 Å². The Balaban J connectivity index is 1.85. The predicted octanol–water partition coefficient (Wildman–Crippen LogP) is 3.31. The normalized spacial score (nSPS) is 13.4. The van der Waals surface area contributed by atoms with Crippen LogP contribution in [0.2, 0.25) is 0 Å². The van der Waals surface area contributed by atoms with E-state index in [1.807, 2.05) is 6.92 Å². The molecule has 2 aromatic rings. The summed E-state index contributed by atoms with van der Waals surface area (Å²) in [6.45, 7) is 1.80. The summed E-state index contributed by atoms with van der Waals surface area (Å²) in [5.41, 5.74) is 1.01. The minimum Gasteiger partial charge on any atom is -0.386 e. The number of amides is 1. The molecule has 2 atom stereocenters. The third kappa shape index (κ3) is 4.86. The molecular weight excluding hydrogens is 300 g/mol. The van der Waals surface area contributed by atoms with Gasteiger partial charge in [0, 0.05) is 18.5 Å². The van der Waals surface area contributed by atoms with Crippen LogP contribution in [0.15, 0.2) is 48.5 Å². The lowest BCUT2D eigenvalue weighted by molar-refractivity contribution is -0.121. The smallest absolute Gasteiger partial charge is 0.220 e. The largest absolute Gasteiger partial charge is 0.386 e. The number of benzene rings is 2. The zero-order chi connectivity index (χ0) is 16.8. The van der Waals surface area contributed by atoms with Crippen molar-refractivity contribution in [2.45, 2.75) is 25.4 Å². The lowest BCUT2D eigenvalue weighted by Gasteiger charge is -2.15. The van der Waals surface area contributed by atoms with Crippen molar-refractivity contribution >= 4 is 5.91 Å². The first-order chi connectivity index (χ1) is 11.0. The molecular formula is C18H19F2NO2. The minimum absolute atomic E-state index is 0.0596. The van der Waals surface area contributed by atoms with Crippen LogP contribution in [0.4, 0.5) is 8.78 Å². The summed E-state index contributed by atoms with van der Waals surface area (Å²) in [6.07, 6.45) is -0.892. The Labute approximate surface area is 134 Å². The quantitative estimate of drug-likeness (QED) is 0.858. The maximum absolute atomic E-state index is 13.5. The number of aliphatic hydroxyl groups is 1. The Morgan fingerprint density at radius 1 is 1.13 bits per heavy atom. The van der Waals surface area contributed by atoms with Crippen LogP contribution in [0.5, 0.6) is 0 Å². The Morgan fingerprint density at radius 2 is 1.78 bits per heavy atom. The van der Waals surface area contributed by atoms with E-state index in [0.29, 0.717) is 0 Å². The molecule has 2 rings (SSSR count). The fourth-order valence-electron chi connectivity index (χ4n) is 2.33. The van der Waals surface area contributed by atoms with Crippen molar-refractivity contribution in [3.8, 4) is 0 Å². The van der Waals surface area contributed by atoms with Crippen LogP contribution in [0.1, 0.15) is 36.5 Å². The number of hydrogen-bond acceptors (Lipinski definition) is 2. The van der Waals surface area contributed by atoms with E-state index in [1.54, 1.807) is 18.2 Å². The van der Waals surface area contributed by atoms with E-state index in [9.17, 15) is 18.7 Å². The maximum atomic E-state index is 13.5. The SMILES string of the molecule is CC(CC(=O)NCC(O)c1ccccc1F)c1ccc(F)cc1. The van der Waals surface area contributed by atoms with Crippen LogP contribution in [0.3, 0.4) is 0 Å². The molecule has 23 heavy (non-hydrogen) atoms. The van der Waals surface area contributed by atoms with Gasteiger partial charge >= 0.3 is 0 Å². The highest BCUT2D eigenvalue weighted by Gasteiger charge is 2.15. The van der Waals surface area contributed by atoms with E-state index in [1.165, 1.54) is 30.3 Å². The van der Waals surface area contributed by atoms with Crippen LogP contribution in [0, 0.1) is 11.6 Å². The van der Waals surface area contributed by atoms with Crippen molar-refractivity contribution in [2.24, 2.45) is 0 Å². The zero-order valence-corrected chi connectivity index (χ0v) is 12.8. The number of nitrogens with one attached hydrogen (secondary N) is 1. The number of rotatable bonds is 6. The predicted molar refractivity (Wildman–Crippen MR) is 83.8 cm³/mol. The molecule has 0 saturated heterocycles. The zero-order valence-electron chi connectivity index (χ0n) is 12.8. The maximum Gasteiger partial charge on any atom is 0.220 e. The fraction of sp³-hybridized carbons (Fsp3) is 0.278. The van der Waals surface area contributed by atoms with Crippen molar-refractivity contribution in [2.75, 3.05) is 6.54 Å². The van der Waals surface area contributed by atoms with Gasteiger partial charge in [0.05, 0.1) is 6.10 Å². The lowest BCUT2D eigenvalue weighted by atomic mass is 9.97. The monoisotopic (exact) mass is 319 g/mol. The highest BCUT2D eigenvalue weighted by Crippen LogP contribution is 2.20. The molecule has 0 radical (unpaired) electrons. The van der Waals surface area contributed by atoms with Gasteiger partial charge in [-0.3, -0.25) is 4.79 Å². The second-order valence-corrected chi connectivity index (χ2v) is 5.50. The van der Waals surface area contributed by atoms with Crippen molar-refractivity contribution in [1.29, 1.82) is 0 Å². The molecule has 0 aliphatic rings. The second kappa shape index (κ2) is 7.83. The van der Waals surface area contributed by atoms with Gasteiger partial charge in [-0.15, -0.1) is 0 Å². The Morgan fingerprint density at radius 3 is 2.43 bits per heavy atom. The summed E-state index contributed by atoms with van der Waals surface area (Å²) >= 11 is 0. The summed E-state index contributed by atoms with van der Waals surface area (Å²) in [5.74, 6) is -1.16. The van der Waals surface area contributed by atoms with Crippen LogP contribution in [-0.2, 0) is 4.79 Å². The Kier molecular flexibility index (Phi) is 5.82. The number of halogens is 2. The van der Waals surface area contributed by atoms with E-state index in [-0.39, 0.29) is 36.2 Å². The molecule has 122 valence electrons. The number of hydrogen-bond donors (Lipinski definition) is 2. The van der Waals surface area contributed by atoms with E-state index >= 15 is 0 Å². The fourth-order valence-corrected chi connectivity index (χ4v) is 2.33. The average Bonchev–Trinajstić information content (AvgIpc) is 2.53. The Hall–Kier alpha value is -2.27. The third-order valence-corrected chi connectivity index (χ3v) is 3.69. The van der Waals surface area contributed by atoms with Crippen molar-refractivity contribution in [3.63, 3.8) is 0 Å². The van der Waals surface area contributed by atoms with Crippen LogP contribution in [0.25, 0.3) is 0 Å². The molecule has 0 spiro atoms. The molecule has 0 bridgehead atoms. The van der Waals surface area contributed by atoms with E-state index in [2.05, 4.69) is 5.32 Å². The first-order valence-electron chi connectivity index (χ1n) is 7.42. The summed E-state index contributed by atoms with van der Waals surface area (Å²) in [7, 11) is 0. The van der Waals surface area contributed by atoms with Crippen LogP contribution in [-0.4, -0.2) is 17.6 Å². The molecule has 5 heteroatoms. The van der Waals surface area contributed by atoms with Crippen molar-refractivity contribution in [1.82, 2.24) is 5.32 Å². The topological polar surface area (TPSA) is 49.3 Å². The molecule has 3 nitrogen and oxygen atoms in total. The molecule has 0 aliphatic carbocycles. The standard InChI is InChI=1S/C18H19F2NO2/c1-12(13-6-8-14(19)9-7-13)10-18(23)21-11-17(22)15-4-2-3-5-16(15)20/h2-9,12,17,22H,10-11H2,1H3,(H,21,23). The van der Waals surface area contributed by atoms with Gasteiger partial charge in [-0.2, -0.15) is 0 Å². The third-order valence-electron chi connectivity index (χ3n) is 3.69. The van der Waals surface area contributed by atoms with Gasteiger partial charge < -0.3 is 10.4 Å². The van der Waals surface area contributed by atoms with Gasteiger partial charge in [0.25, 0.3) is 0 Å². The van der Waals surface area contributed by atoms with E-state index in [0.717, 1.165) is 5.56 Å². The first kappa shape index (κ1) is 17.1. The molecule has 2 unspecified atom stereocenters. The summed E-state index contributed by atoms with van der Waals surface area (Å²) in [5, 5.41) is 12.5. The van der Waals surface area contributed by atoms with E-state index in [4.69, 9.17) is 0 Å². The minimum atomic E-state index is -1.10. The van der Waals surface area contributed by atoms with Gasteiger partial charge in [0.1, 0.15) is 11.6 Å². The molecule has 1 amide bonds. The summed E-state index contributed by atoms with van der Waals surface area (Å²) in [6, 6.07) is 11.9. The highest BCUT2D eigenvalue weighted by atomic mass is 19.1. The lowest BCUT2D eigenvalue weighted by Crippen LogP contribution is -2.29. The molecule has 2 aromatic carbocycles. The number of aliphatic hydroxyl groups excluding tert-OH is 1. The Bertz CT molecular complexity index is 658.